The molecular formula is C14H23ClN6O. The van der Waals surface area contributed by atoms with Gasteiger partial charge in [-0.05, 0) is 19.3 Å². The number of halogens is 1. The standard InChI is InChI=1S/C14H23ClN6O/c1-2-5-17-11(22)8-21-6-3-10(4-7-21)20-14-12(15)13(16)18-9-19-14/h9-10H,2-8H2,1H3,(H,17,22)(H3,16,18,19,20). The van der Waals surface area contributed by atoms with Crippen molar-refractivity contribution < 1.29 is 4.79 Å². The van der Waals surface area contributed by atoms with Crippen LogP contribution in [0.15, 0.2) is 6.33 Å². The molecule has 1 aromatic rings. The molecule has 0 saturated carbocycles. The predicted octanol–water partition coefficient (Wildman–Crippen LogP) is 1.11. The molecule has 0 aliphatic carbocycles. The number of hydrogen-bond acceptors (Lipinski definition) is 6. The van der Waals surface area contributed by atoms with Crippen molar-refractivity contribution in [2.45, 2.75) is 32.2 Å². The van der Waals surface area contributed by atoms with Crippen molar-refractivity contribution in [1.29, 1.82) is 0 Å². The number of nitrogen functional groups attached to an aromatic ring is 1. The number of carbonyl (C=O) groups is 1. The quantitative estimate of drug-likeness (QED) is 0.725. The van der Waals surface area contributed by atoms with E-state index >= 15 is 0 Å². The minimum atomic E-state index is 0.0971. The molecule has 1 saturated heterocycles. The summed E-state index contributed by atoms with van der Waals surface area (Å²) in [6, 6.07) is 0.279. The van der Waals surface area contributed by atoms with Gasteiger partial charge in [-0.3, -0.25) is 9.69 Å². The van der Waals surface area contributed by atoms with E-state index in [0.29, 0.717) is 17.4 Å². The van der Waals surface area contributed by atoms with E-state index in [1.54, 1.807) is 0 Å². The van der Waals surface area contributed by atoms with Gasteiger partial charge in [-0.2, -0.15) is 0 Å². The SMILES string of the molecule is CCCNC(=O)CN1CCC(Nc2ncnc(N)c2Cl)CC1. The highest BCUT2D eigenvalue weighted by atomic mass is 35.5. The fourth-order valence-electron chi connectivity index (χ4n) is 2.44. The summed E-state index contributed by atoms with van der Waals surface area (Å²) in [5, 5.41) is 6.57. The van der Waals surface area contributed by atoms with Gasteiger partial charge < -0.3 is 16.4 Å². The first kappa shape index (κ1) is 16.8. The van der Waals surface area contributed by atoms with E-state index in [9.17, 15) is 4.79 Å². The zero-order valence-corrected chi connectivity index (χ0v) is 13.6. The molecule has 0 spiro atoms. The van der Waals surface area contributed by atoms with Crippen LogP contribution in [0.3, 0.4) is 0 Å². The van der Waals surface area contributed by atoms with Crippen LogP contribution >= 0.6 is 11.6 Å². The number of carbonyl (C=O) groups excluding carboxylic acids is 1. The van der Waals surface area contributed by atoms with Gasteiger partial charge in [0.05, 0.1) is 6.54 Å². The fourth-order valence-corrected chi connectivity index (χ4v) is 2.59. The van der Waals surface area contributed by atoms with Crippen molar-refractivity contribution in [2.75, 3.05) is 37.2 Å². The third kappa shape index (κ3) is 4.71. The molecule has 0 bridgehead atoms. The van der Waals surface area contributed by atoms with Crippen LogP contribution in [-0.2, 0) is 4.79 Å². The predicted molar refractivity (Wildman–Crippen MR) is 87.8 cm³/mol. The minimum absolute atomic E-state index is 0.0971. The van der Waals surface area contributed by atoms with Crippen LogP contribution in [0.25, 0.3) is 0 Å². The fraction of sp³-hybridized carbons (Fsp3) is 0.643. The number of rotatable bonds is 6. The highest BCUT2D eigenvalue weighted by molar-refractivity contribution is 6.35. The summed E-state index contributed by atoms with van der Waals surface area (Å²) in [6.45, 7) is 4.99. The highest BCUT2D eigenvalue weighted by Gasteiger charge is 2.21. The smallest absolute Gasteiger partial charge is 0.234 e. The Morgan fingerprint density at radius 2 is 2.18 bits per heavy atom. The molecule has 0 aromatic carbocycles. The lowest BCUT2D eigenvalue weighted by atomic mass is 10.1. The van der Waals surface area contributed by atoms with E-state index in [4.69, 9.17) is 17.3 Å². The molecular weight excluding hydrogens is 304 g/mol. The molecule has 4 N–H and O–H groups in total. The van der Waals surface area contributed by atoms with Crippen molar-refractivity contribution in [1.82, 2.24) is 20.2 Å². The van der Waals surface area contributed by atoms with Gasteiger partial charge in [-0.25, -0.2) is 9.97 Å². The summed E-state index contributed by atoms with van der Waals surface area (Å²) >= 11 is 6.08. The van der Waals surface area contributed by atoms with Crippen LogP contribution in [-0.4, -0.2) is 53.0 Å². The molecule has 8 heteroatoms. The van der Waals surface area contributed by atoms with Crippen LogP contribution in [0.4, 0.5) is 11.6 Å². The lowest BCUT2D eigenvalue weighted by Gasteiger charge is -2.32. The van der Waals surface area contributed by atoms with E-state index in [0.717, 1.165) is 38.9 Å². The lowest BCUT2D eigenvalue weighted by Crippen LogP contribution is -2.44. The van der Waals surface area contributed by atoms with Crippen molar-refractivity contribution >= 4 is 29.1 Å². The molecule has 1 aliphatic heterocycles. The second-order valence-electron chi connectivity index (χ2n) is 5.47. The number of aromatic nitrogens is 2. The molecule has 0 unspecified atom stereocenters. The van der Waals surface area contributed by atoms with Crippen molar-refractivity contribution in [3.05, 3.63) is 11.3 Å². The molecule has 1 aliphatic rings. The summed E-state index contributed by atoms with van der Waals surface area (Å²) in [7, 11) is 0. The van der Waals surface area contributed by atoms with Gasteiger partial charge in [0, 0.05) is 25.7 Å². The third-order valence-corrected chi connectivity index (χ3v) is 4.06. The summed E-state index contributed by atoms with van der Waals surface area (Å²) in [6.07, 6.45) is 4.22. The van der Waals surface area contributed by atoms with Crippen molar-refractivity contribution in [3.63, 3.8) is 0 Å². The molecule has 0 atom stereocenters. The van der Waals surface area contributed by atoms with Gasteiger partial charge in [0.1, 0.15) is 17.2 Å². The van der Waals surface area contributed by atoms with Crippen LogP contribution < -0.4 is 16.4 Å². The average molecular weight is 327 g/mol. The Kier molecular flexibility index (Phi) is 6.21. The van der Waals surface area contributed by atoms with Crippen molar-refractivity contribution in [2.24, 2.45) is 0 Å². The first-order valence-electron chi connectivity index (χ1n) is 7.61. The maximum atomic E-state index is 11.7. The Morgan fingerprint density at radius 1 is 1.45 bits per heavy atom. The molecule has 1 aromatic heterocycles. The maximum Gasteiger partial charge on any atom is 0.234 e. The molecule has 2 heterocycles. The molecule has 22 heavy (non-hydrogen) atoms. The van der Waals surface area contributed by atoms with Crippen LogP contribution in [0, 0.1) is 0 Å². The van der Waals surface area contributed by atoms with Gasteiger partial charge in [-0.1, -0.05) is 18.5 Å². The Balaban J connectivity index is 1.77. The van der Waals surface area contributed by atoms with Crippen LogP contribution in [0.2, 0.25) is 5.02 Å². The number of nitrogens with one attached hydrogen (secondary N) is 2. The summed E-state index contributed by atoms with van der Waals surface area (Å²) in [4.78, 5) is 21.8. The first-order chi connectivity index (χ1) is 10.6. The molecule has 2 rings (SSSR count). The number of anilines is 2. The first-order valence-corrected chi connectivity index (χ1v) is 7.99. The third-order valence-electron chi connectivity index (χ3n) is 3.68. The van der Waals surface area contributed by atoms with Gasteiger partial charge in [0.25, 0.3) is 0 Å². The van der Waals surface area contributed by atoms with Gasteiger partial charge in [0.2, 0.25) is 5.91 Å². The number of likely N-dealkylation sites (tertiary alicyclic amines) is 1. The summed E-state index contributed by atoms with van der Waals surface area (Å²) in [5.74, 6) is 0.956. The number of amides is 1. The van der Waals surface area contributed by atoms with E-state index in [2.05, 4.69) is 25.5 Å². The normalized spacial score (nSPS) is 16.5. The number of piperidine rings is 1. The molecule has 7 nitrogen and oxygen atoms in total. The lowest BCUT2D eigenvalue weighted by molar-refractivity contribution is -0.122. The Morgan fingerprint density at radius 3 is 2.86 bits per heavy atom. The summed E-state index contributed by atoms with van der Waals surface area (Å²) < 4.78 is 0. The molecule has 122 valence electrons. The number of nitrogens with two attached hydrogens (primary N) is 1. The van der Waals surface area contributed by atoms with Gasteiger partial charge >= 0.3 is 0 Å². The highest BCUT2D eigenvalue weighted by Crippen LogP contribution is 2.25. The minimum Gasteiger partial charge on any atom is -0.382 e. The number of hydrogen-bond donors (Lipinski definition) is 3. The zero-order chi connectivity index (χ0) is 15.9. The van der Waals surface area contributed by atoms with Gasteiger partial charge in [-0.15, -0.1) is 0 Å². The Labute approximate surface area is 135 Å². The average Bonchev–Trinajstić information content (AvgIpc) is 2.51. The second kappa shape index (κ2) is 8.14. The Bertz CT molecular complexity index is 504. The molecule has 0 radical (unpaired) electrons. The Hall–Kier alpha value is -1.60. The van der Waals surface area contributed by atoms with E-state index in [1.807, 2.05) is 6.92 Å². The zero-order valence-electron chi connectivity index (χ0n) is 12.8. The topological polar surface area (TPSA) is 96.2 Å². The van der Waals surface area contributed by atoms with E-state index in [-0.39, 0.29) is 17.8 Å². The summed E-state index contributed by atoms with van der Waals surface area (Å²) in [5.41, 5.74) is 5.67. The maximum absolute atomic E-state index is 11.7. The van der Waals surface area contributed by atoms with E-state index in [1.165, 1.54) is 6.33 Å². The van der Waals surface area contributed by atoms with E-state index < -0.39 is 0 Å². The van der Waals surface area contributed by atoms with Crippen LogP contribution in [0.1, 0.15) is 26.2 Å². The largest absolute Gasteiger partial charge is 0.382 e. The number of nitrogens with zero attached hydrogens (tertiary/aromatic N) is 3. The van der Waals surface area contributed by atoms with Gasteiger partial charge in [0.15, 0.2) is 5.82 Å². The van der Waals surface area contributed by atoms with Crippen molar-refractivity contribution in [3.8, 4) is 0 Å². The molecule has 1 fully saturated rings. The monoisotopic (exact) mass is 326 g/mol. The molecule has 1 amide bonds. The van der Waals surface area contributed by atoms with Crippen LogP contribution in [0.5, 0.6) is 0 Å². The second-order valence-corrected chi connectivity index (χ2v) is 5.84.